The fourth-order valence-electron chi connectivity index (χ4n) is 3.56. The number of nitro benzene ring substituents is 1. The molecule has 0 N–H and O–H groups in total. The Bertz CT molecular complexity index is 1600. The van der Waals surface area contributed by atoms with Crippen molar-refractivity contribution in [3.8, 4) is 11.5 Å². The molecule has 4 rings (SSSR count). The Kier molecular flexibility index (Phi) is 8.40. The second-order valence-corrected chi connectivity index (χ2v) is 10.2. The maximum Gasteiger partial charge on any atom is 0.282 e. The average Bonchev–Trinajstić information content (AvgIpc) is 2.89. The Hall–Kier alpha value is -3.09. The highest BCUT2D eigenvalue weighted by atomic mass is 79.9. The smallest absolute Gasteiger partial charge is 0.282 e. The number of ether oxygens (including phenoxy) is 2. The molecule has 1 aromatic heterocycles. The van der Waals surface area contributed by atoms with Crippen LogP contribution in [0.3, 0.4) is 0 Å². The Balaban J connectivity index is 1.69. The van der Waals surface area contributed by atoms with Gasteiger partial charge < -0.3 is 9.47 Å². The molecule has 0 aliphatic heterocycles. The predicted molar refractivity (Wildman–Crippen MR) is 152 cm³/mol. The second-order valence-electron chi connectivity index (χ2n) is 7.75. The van der Waals surface area contributed by atoms with Crippen molar-refractivity contribution in [1.82, 2.24) is 9.66 Å². The first-order chi connectivity index (χ1) is 17.7. The minimum Gasteiger partial charge on any atom is -0.493 e. The first kappa shape index (κ1) is 27.0. The minimum atomic E-state index is -0.454. The number of aryl methyl sites for hydroxylation is 1. The van der Waals surface area contributed by atoms with Gasteiger partial charge in [0, 0.05) is 33.1 Å². The maximum atomic E-state index is 13.2. The van der Waals surface area contributed by atoms with E-state index in [0.717, 1.165) is 4.47 Å². The number of halogens is 3. The molecule has 0 saturated carbocycles. The van der Waals surface area contributed by atoms with Crippen LogP contribution in [0.5, 0.6) is 11.5 Å². The zero-order valence-corrected chi connectivity index (χ0v) is 24.3. The van der Waals surface area contributed by atoms with Gasteiger partial charge in [-0.25, -0.2) is 4.98 Å². The monoisotopic (exact) mass is 692 g/mol. The molecule has 0 aliphatic carbocycles. The van der Waals surface area contributed by atoms with Crippen LogP contribution in [0.15, 0.2) is 71.8 Å². The van der Waals surface area contributed by atoms with Gasteiger partial charge >= 0.3 is 0 Å². The summed E-state index contributed by atoms with van der Waals surface area (Å²) >= 11 is 10.5. The van der Waals surface area contributed by atoms with E-state index < -0.39 is 4.92 Å². The van der Waals surface area contributed by atoms with Crippen molar-refractivity contribution in [3.05, 3.63) is 99.4 Å². The van der Waals surface area contributed by atoms with Crippen LogP contribution in [0.25, 0.3) is 10.9 Å². The van der Waals surface area contributed by atoms with Gasteiger partial charge in [-0.05, 0) is 61.7 Å². The van der Waals surface area contributed by atoms with Gasteiger partial charge in [0.25, 0.3) is 11.2 Å². The third-order valence-electron chi connectivity index (χ3n) is 5.38. The topological polar surface area (TPSA) is 109 Å². The largest absolute Gasteiger partial charge is 0.493 e. The molecule has 9 nitrogen and oxygen atoms in total. The van der Waals surface area contributed by atoms with Crippen LogP contribution >= 0.6 is 47.8 Å². The first-order valence-corrected chi connectivity index (χ1v) is 13.3. The summed E-state index contributed by atoms with van der Waals surface area (Å²) in [4.78, 5) is 28.4. The average molecular weight is 695 g/mol. The van der Waals surface area contributed by atoms with E-state index in [1.54, 1.807) is 30.3 Å². The van der Waals surface area contributed by atoms with Crippen LogP contribution in [0.2, 0.25) is 0 Å². The molecule has 0 spiro atoms. The summed E-state index contributed by atoms with van der Waals surface area (Å²) in [6.07, 6.45) is 2.05. The summed E-state index contributed by atoms with van der Waals surface area (Å²) in [6.45, 7) is 1.99. The van der Waals surface area contributed by atoms with Crippen molar-refractivity contribution in [3.63, 3.8) is 0 Å². The van der Waals surface area contributed by atoms with Gasteiger partial charge in [-0.3, -0.25) is 14.9 Å². The van der Waals surface area contributed by atoms with Gasteiger partial charge in [-0.1, -0.05) is 35.0 Å². The van der Waals surface area contributed by atoms with Gasteiger partial charge in [0.05, 0.1) is 33.6 Å². The van der Waals surface area contributed by atoms with Crippen molar-refractivity contribution >= 4 is 70.6 Å². The van der Waals surface area contributed by atoms with Crippen LogP contribution in [0, 0.1) is 10.1 Å². The molecular formula is C25H19Br3N4O5. The van der Waals surface area contributed by atoms with Crippen LogP contribution in [-0.2, 0) is 13.0 Å². The van der Waals surface area contributed by atoms with Gasteiger partial charge in [0.2, 0.25) is 0 Å². The third kappa shape index (κ3) is 5.76. The van der Waals surface area contributed by atoms with Gasteiger partial charge in [0.1, 0.15) is 12.4 Å². The molecule has 37 heavy (non-hydrogen) atoms. The standard InChI is InChI=1S/C25H19Br3N4O5/c1-3-21-30-19-8-7-16(26)11-18(19)25(33)31(21)29-12-15-10-20(36-2)24(23(28)22(15)27)37-13-14-5-4-6-17(9-14)32(34)35/h4-12H,3,13H2,1-2H3. The number of hydrogen-bond donors (Lipinski definition) is 0. The fraction of sp³-hybridized carbons (Fsp3) is 0.160. The molecule has 0 aliphatic rings. The van der Waals surface area contributed by atoms with E-state index in [-0.39, 0.29) is 17.9 Å². The summed E-state index contributed by atoms with van der Waals surface area (Å²) < 4.78 is 14.7. The van der Waals surface area contributed by atoms with Crippen molar-refractivity contribution in [1.29, 1.82) is 0 Å². The van der Waals surface area contributed by atoms with E-state index in [1.165, 1.54) is 30.1 Å². The molecule has 190 valence electrons. The van der Waals surface area contributed by atoms with Crippen molar-refractivity contribution < 1.29 is 14.4 Å². The van der Waals surface area contributed by atoms with Crippen LogP contribution in [0.1, 0.15) is 23.9 Å². The number of fused-ring (bicyclic) bond motifs is 1. The molecule has 1 heterocycles. The van der Waals surface area contributed by atoms with Crippen LogP contribution in [-0.4, -0.2) is 27.9 Å². The zero-order chi connectivity index (χ0) is 26.7. The molecule has 0 unspecified atom stereocenters. The molecule has 12 heteroatoms. The number of nitro groups is 1. The van der Waals surface area contributed by atoms with Gasteiger partial charge in [-0.2, -0.15) is 9.78 Å². The Morgan fingerprint density at radius 1 is 1.14 bits per heavy atom. The Labute approximate surface area is 236 Å². The lowest BCUT2D eigenvalue weighted by Crippen LogP contribution is -2.22. The van der Waals surface area contributed by atoms with E-state index in [0.29, 0.717) is 54.7 Å². The quantitative estimate of drug-likeness (QED) is 0.117. The molecular weight excluding hydrogens is 676 g/mol. The van der Waals surface area contributed by atoms with E-state index in [4.69, 9.17) is 9.47 Å². The minimum absolute atomic E-state index is 0.0166. The molecule has 0 radical (unpaired) electrons. The molecule has 0 fully saturated rings. The highest BCUT2D eigenvalue weighted by Gasteiger charge is 2.18. The van der Waals surface area contributed by atoms with E-state index in [1.807, 2.05) is 13.0 Å². The highest BCUT2D eigenvalue weighted by molar-refractivity contribution is 9.13. The molecule has 0 amide bonds. The predicted octanol–water partition coefficient (Wildman–Crippen LogP) is 6.62. The number of methoxy groups -OCH3 is 1. The van der Waals surface area contributed by atoms with Gasteiger partial charge in [-0.15, -0.1) is 0 Å². The number of hydrogen-bond acceptors (Lipinski definition) is 7. The third-order valence-corrected chi connectivity index (χ3v) is 8.02. The number of benzene rings is 3. The van der Waals surface area contributed by atoms with Crippen LogP contribution < -0.4 is 15.0 Å². The zero-order valence-electron chi connectivity index (χ0n) is 19.6. The van der Waals surface area contributed by atoms with Crippen LogP contribution in [0.4, 0.5) is 5.69 Å². The van der Waals surface area contributed by atoms with Gasteiger partial charge in [0.15, 0.2) is 11.5 Å². The normalized spacial score (nSPS) is 11.3. The van der Waals surface area contributed by atoms with E-state index >= 15 is 0 Å². The second kappa shape index (κ2) is 11.5. The first-order valence-electron chi connectivity index (χ1n) is 10.9. The SMILES string of the molecule is CCc1nc2ccc(Br)cc2c(=O)n1N=Cc1cc(OC)c(OCc2cccc([N+](=O)[O-])c2)c(Br)c1Br. The Morgan fingerprint density at radius 2 is 1.92 bits per heavy atom. The maximum absolute atomic E-state index is 13.2. The lowest BCUT2D eigenvalue weighted by atomic mass is 10.2. The van der Waals surface area contributed by atoms with Crippen molar-refractivity contribution in [2.75, 3.05) is 7.11 Å². The summed E-state index contributed by atoms with van der Waals surface area (Å²) in [6, 6.07) is 13.3. The molecule has 3 aromatic carbocycles. The molecule has 0 bridgehead atoms. The number of non-ortho nitro benzene ring substituents is 1. The van der Waals surface area contributed by atoms with Crippen molar-refractivity contribution in [2.45, 2.75) is 20.0 Å². The lowest BCUT2D eigenvalue weighted by Gasteiger charge is -2.15. The fourth-order valence-corrected chi connectivity index (χ4v) is 4.86. The molecule has 4 aromatic rings. The van der Waals surface area contributed by atoms with E-state index in [9.17, 15) is 14.9 Å². The lowest BCUT2D eigenvalue weighted by molar-refractivity contribution is -0.384. The Morgan fingerprint density at radius 3 is 2.62 bits per heavy atom. The molecule has 0 atom stereocenters. The summed E-state index contributed by atoms with van der Waals surface area (Å²) in [7, 11) is 1.50. The highest BCUT2D eigenvalue weighted by Crippen LogP contribution is 2.42. The summed E-state index contributed by atoms with van der Waals surface area (Å²) in [5, 5.41) is 16.0. The number of aromatic nitrogens is 2. The summed E-state index contributed by atoms with van der Waals surface area (Å²) in [5.74, 6) is 1.34. The van der Waals surface area contributed by atoms with E-state index in [2.05, 4.69) is 57.9 Å². The number of rotatable bonds is 8. The summed E-state index contributed by atoms with van der Waals surface area (Å²) in [5.41, 5.74) is 1.56. The number of nitrogens with zero attached hydrogens (tertiary/aromatic N) is 4. The van der Waals surface area contributed by atoms with Crippen molar-refractivity contribution in [2.24, 2.45) is 5.10 Å². The molecule has 0 saturated heterocycles.